The van der Waals surface area contributed by atoms with E-state index in [1.165, 1.54) is 7.11 Å². The monoisotopic (exact) mass is 274 g/mol. The lowest BCUT2D eigenvalue weighted by Crippen LogP contribution is -2.46. The van der Waals surface area contributed by atoms with E-state index in [-0.39, 0.29) is 18.4 Å². The number of amides is 1. The third kappa shape index (κ3) is 8.56. The molecule has 0 aromatic carbocycles. The summed E-state index contributed by atoms with van der Waals surface area (Å²) in [5.74, 6) is -0.404. The largest absolute Gasteiger partial charge is 0.467 e. The van der Waals surface area contributed by atoms with Crippen LogP contribution in [0.2, 0.25) is 0 Å². The molecule has 0 aromatic rings. The summed E-state index contributed by atoms with van der Waals surface area (Å²) in [5.41, 5.74) is 0. The van der Waals surface area contributed by atoms with Gasteiger partial charge in [0.2, 0.25) is 5.91 Å². The number of nitrogens with one attached hydrogen (secondary N) is 1. The second-order valence-electron chi connectivity index (χ2n) is 5.32. The summed E-state index contributed by atoms with van der Waals surface area (Å²) in [4.78, 5) is 25.1. The molecule has 6 heteroatoms. The number of aliphatic hydroxyl groups excluding tert-OH is 1. The topological polar surface area (TPSA) is 78.9 Å². The summed E-state index contributed by atoms with van der Waals surface area (Å²) >= 11 is 0. The number of hydrogen-bond acceptors (Lipinski definition) is 5. The fourth-order valence-corrected chi connectivity index (χ4v) is 1.83. The Kier molecular flexibility index (Phi) is 8.34. The van der Waals surface area contributed by atoms with Crippen LogP contribution in [0.4, 0.5) is 0 Å². The van der Waals surface area contributed by atoms with Crippen LogP contribution in [0.15, 0.2) is 0 Å². The lowest BCUT2D eigenvalue weighted by Gasteiger charge is -2.21. The fourth-order valence-electron chi connectivity index (χ4n) is 1.83. The first kappa shape index (κ1) is 17.9. The predicted octanol–water partition coefficient (Wildman–Crippen LogP) is 0.00290. The minimum Gasteiger partial charge on any atom is -0.467 e. The highest BCUT2D eigenvalue weighted by molar-refractivity contribution is 5.85. The number of hydrogen-bond donors (Lipinski definition) is 2. The SMILES string of the molecule is COC(=O)C(CC(C)C)NC(=O)CN(C)CC(C)O. The first-order valence-electron chi connectivity index (χ1n) is 6.50. The Morgan fingerprint density at radius 1 is 1.32 bits per heavy atom. The zero-order valence-electron chi connectivity index (χ0n) is 12.5. The highest BCUT2D eigenvalue weighted by Gasteiger charge is 2.23. The van der Waals surface area contributed by atoms with E-state index in [9.17, 15) is 14.7 Å². The highest BCUT2D eigenvalue weighted by Crippen LogP contribution is 2.06. The van der Waals surface area contributed by atoms with Crippen molar-refractivity contribution in [2.45, 2.75) is 39.3 Å². The molecule has 2 unspecified atom stereocenters. The van der Waals surface area contributed by atoms with Gasteiger partial charge in [-0.05, 0) is 26.3 Å². The minimum absolute atomic E-state index is 0.135. The molecule has 0 rings (SSSR count). The van der Waals surface area contributed by atoms with Gasteiger partial charge in [0.25, 0.3) is 0 Å². The molecule has 0 aliphatic rings. The Morgan fingerprint density at radius 2 is 1.89 bits per heavy atom. The number of nitrogens with zero attached hydrogens (tertiary/aromatic N) is 1. The van der Waals surface area contributed by atoms with E-state index in [4.69, 9.17) is 0 Å². The van der Waals surface area contributed by atoms with Gasteiger partial charge in [-0.2, -0.15) is 0 Å². The maximum atomic E-state index is 11.8. The number of likely N-dealkylation sites (N-methyl/N-ethyl adjacent to an activating group) is 1. The molecular weight excluding hydrogens is 248 g/mol. The van der Waals surface area contributed by atoms with Crippen molar-refractivity contribution >= 4 is 11.9 Å². The predicted molar refractivity (Wildman–Crippen MR) is 72.6 cm³/mol. The summed E-state index contributed by atoms with van der Waals surface area (Å²) in [6, 6.07) is -0.613. The van der Waals surface area contributed by atoms with Crippen molar-refractivity contribution in [3.8, 4) is 0 Å². The third-order valence-electron chi connectivity index (χ3n) is 2.52. The zero-order chi connectivity index (χ0) is 15.0. The number of esters is 1. The molecule has 0 saturated carbocycles. The number of rotatable bonds is 8. The standard InChI is InChI=1S/C13H26N2O4/c1-9(2)6-11(13(18)19-5)14-12(17)8-15(4)7-10(3)16/h9-11,16H,6-8H2,1-5H3,(H,14,17). The second kappa shape index (κ2) is 8.87. The van der Waals surface area contributed by atoms with Gasteiger partial charge < -0.3 is 15.2 Å². The first-order valence-corrected chi connectivity index (χ1v) is 6.50. The molecule has 0 aliphatic carbocycles. The fraction of sp³-hybridized carbons (Fsp3) is 0.846. The molecule has 6 nitrogen and oxygen atoms in total. The van der Waals surface area contributed by atoms with Crippen molar-refractivity contribution < 1.29 is 19.4 Å². The van der Waals surface area contributed by atoms with Crippen molar-refractivity contribution in [1.29, 1.82) is 0 Å². The van der Waals surface area contributed by atoms with Crippen molar-refractivity contribution in [3.63, 3.8) is 0 Å². The van der Waals surface area contributed by atoms with Crippen LogP contribution in [-0.2, 0) is 14.3 Å². The highest BCUT2D eigenvalue weighted by atomic mass is 16.5. The number of aliphatic hydroxyl groups is 1. The molecule has 0 fully saturated rings. The van der Waals surface area contributed by atoms with Crippen molar-refractivity contribution in [2.24, 2.45) is 5.92 Å². The van der Waals surface area contributed by atoms with Gasteiger partial charge in [-0.25, -0.2) is 4.79 Å². The lowest BCUT2D eigenvalue weighted by molar-refractivity contribution is -0.145. The Balaban J connectivity index is 4.34. The Morgan fingerprint density at radius 3 is 2.32 bits per heavy atom. The Bertz CT molecular complexity index is 292. The van der Waals surface area contributed by atoms with E-state index < -0.39 is 18.1 Å². The van der Waals surface area contributed by atoms with Gasteiger partial charge in [0.05, 0.1) is 19.8 Å². The van der Waals surface area contributed by atoms with Gasteiger partial charge in [0, 0.05) is 6.54 Å². The minimum atomic E-state index is -0.613. The molecule has 0 radical (unpaired) electrons. The van der Waals surface area contributed by atoms with Gasteiger partial charge in [0.1, 0.15) is 6.04 Å². The molecule has 0 bridgehead atoms. The van der Waals surface area contributed by atoms with E-state index in [0.29, 0.717) is 13.0 Å². The Hall–Kier alpha value is -1.14. The molecule has 2 N–H and O–H groups in total. The molecule has 0 saturated heterocycles. The van der Waals surface area contributed by atoms with Gasteiger partial charge >= 0.3 is 5.97 Å². The van der Waals surface area contributed by atoms with Crippen molar-refractivity contribution in [1.82, 2.24) is 10.2 Å². The summed E-state index contributed by atoms with van der Waals surface area (Å²) in [7, 11) is 3.04. The molecule has 112 valence electrons. The van der Waals surface area contributed by atoms with Crippen LogP contribution < -0.4 is 5.32 Å². The molecule has 0 aromatic heterocycles. The first-order chi connectivity index (χ1) is 8.76. The quantitative estimate of drug-likeness (QED) is 0.609. The maximum Gasteiger partial charge on any atom is 0.328 e. The van der Waals surface area contributed by atoms with E-state index in [0.717, 1.165) is 0 Å². The molecule has 2 atom stereocenters. The van der Waals surface area contributed by atoms with E-state index in [2.05, 4.69) is 10.1 Å². The van der Waals surface area contributed by atoms with Gasteiger partial charge in [-0.15, -0.1) is 0 Å². The van der Waals surface area contributed by atoms with Gasteiger partial charge in [-0.1, -0.05) is 13.8 Å². The van der Waals surface area contributed by atoms with Gasteiger partial charge in [-0.3, -0.25) is 9.69 Å². The van der Waals surface area contributed by atoms with Gasteiger partial charge in [0.15, 0.2) is 0 Å². The molecule has 0 heterocycles. The van der Waals surface area contributed by atoms with Crippen molar-refractivity contribution in [3.05, 3.63) is 0 Å². The summed E-state index contributed by atoms with van der Waals surface area (Å²) < 4.78 is 4.68. The summed E-state index contributed by atoms with van der Waals surface area (Å²) in [6.45, 7) is 6.14. The lowest BCUT2D eigenvalue weighted by atomic mass is 10.0. The summed E-state index contributed by atoms with van der Waals surface area (Å²) in [6.07, 6.45) is 0.0447. The smallest absolute Gasteiger partial charge is 0.328 e. The van der Waals surface area contributed by atoms with Crippen LogP contribution >= 0.6 is 0 Å². The van der Waals surface area contributed by atoms with Crippen LogP contribution in [0.5, 0.6) is 0 Å². The molecular formula is C13H26N2O4. The number of carbonyl (C=O) groups excluding carboxylic acids is 2. The average molecular weight is 274 g/mol. The van der Waals surface area contributed by atoms with E-state index >= 15 is 0 Å². The molecule has 19 heavy (non-hydrogen) atoms. The third-order valence-corrected chi connectivity index (χ3v) is 2.52. The number of carbonyl (C=O) groups is 2. The van der Waals surface area contributed by atoms with Crippen LogP contribution in [0, 0.1) is 5.92 Å². The molecule has 0 aliphatic heterocycles. The Labute approximate surface area is 115 Å². The van der Waals surface area contributed by atoms with Crippen LogP contribution in [-0.4, -0.2) is 61.3 Å². The maximum absolute atomic E-state index is 11.8. The molecule has 1 amide bonds. The average Bonchev–Trinajstić information content (AvgIpc) is 2.24. The van der Waals surface area contributed by atoms with E-state index in [1.54, 1.807) is 18.9 Å². The normalized spacial score (nSPS) is 14.3. The van der Waals surface area contributed by atoms with E-state index in [1.807, 2.05) is 13.8 Å². The van der Waals surface area contributed by atoms with Crippen LogP contribution in [0.25, 0.3) is 0 Å². The number of methoxy groups -OCH3 is 1. The molecule has 0 spiro atoms. The van der Waals surface area contributed by atoms with Crippen LogP contribution in [0.3, 0.4) is 0 Å². The summed E-state index contributed by atoms with van der Waals surface area (Å²) in [5, 5.41) is 11.9. The second-order valence-corrected chi connectivity index (χ2v) is 5.32. The van der Waals surface area contributed by atoms with Crippen molar-refractivity contribution in [2.75, 3.05) is 27.2 Å². The van der Waals surface area contributed by atoms with Crippen LogP contribution in [0.1, 0.15) is 27.2 Å². The zero-order valence-corrected chi connectivity index (χ0v) is 12.5. The number of ether oxygens (including phenoxy) is 1.